The molecule has 0 radical (unpaired) electrons. The average molecular weight is 384 g/mol. The molecule has 0 aliphatic heterocycles. The van der Waals surface area contributed by atoms with Crippen molar-refractivity contribution in [2.45, 2.75) is 19.4 Å². The highest BCUT2D eigenvalue weighted by Gasteiger charge is 2.13. The van der Waals surface area contributed by atoms with Crippen LogP contribution in [0.4, 0.5) is 0 Å². The molecule has 0 fully saturated rings. The zero-order valence-electron chi connectivity index (χ0n) is 10.7. The second-order valence-corrected chi connectivity index (χ2v) is 6.23. The van der Waals surface area contributed by atoms with Crippen LogP contribution in [0.25, 0.3) is 0 Å². The van der Waals surface area contributed by atoms with Gasteiger partial charge in [0.25, 0.3) is 0 Å². The Morgan fingerprint density at radius 1 is 1.11 bits per heavy atom. The number of hydrazine groups is 1. The Kier molecular flexibility index (Phi) is 5.16. The maximum atomic E-state index is 5.71. The molecule has 0 saturated heterocycles. The molecular weight excluding hydrogens is 368 g/mol. The Labute approximate surface area is 130 Å². The van der Waals surface area contributed by atoms with Gasteiger partial charge in [-0.3, -0.25) is 11.3 Å². The first-order valence-corrected chi connectivity index (χ1v) is 7.66. The van der Waals surface area contributed by atoms with Crippen LogP contribution in [0.1, 0.15) is 22.7 Å². The van der Waals surface area contributed by atoms with Crippen LogP contribution in [0.2, 0.25) is 0 Å². The summed E-state index contributed by atoms with van der Waals surface area (Å²) >= 11 is 7.10. The van der Waals surface area contributed by atoms with E-state index in [4.69, 9.17) is 5.84 Å². The molecule has 0 saturated carbocycles. The van der Waals surface area contributed by atoms with E-state index in [0.29, 0.717) is 0 Å². The van der Waals surface area contributed by atoms with Gasteiger partial charge in [0.05, 0.1) is 6.04 Å². The number of nitrogens with two attached hydrogens (primary N) is 1. The quantitative estimate of drug-likeness (QED) is 0.611. The van der Waals surface area contributed by atoms with E-state index in [1.807, 2.05) is 12.1 Å². The van der Waals surface area contributed by atoms with Crippen LogP contribution >= 0.6 is 31.9 Å². The lowest BCUT2D eigenvalue weighted by molar-refractivity contribution is 0.551. The molecule has 0 aliphatic carbocycles. The lowest BCUT2D eigenvalue weighted by Crippen LogP contribution is -2.29. The second-order valence-electron chi connectivity index (χ2n) is 4.52. The smallest absolute Gasteiger partial charge is 0.0500 e. The van der Waals surface area contributed by atoms with Gasteiger partial charge in [-0.05, 0) is 42.2 Å². The van der Waals surface area contributed by atoms with Crippen LogP contribution in [0.5, 0.6) is 0 Å². The first-order chi connectivity index (χ1) is 9.11. The number of aryl methyl sites for hydroxylation is 1. The second kappa shape index (κ2) is 6.66. The molecule has 2 aromatic carbocycles. The fraction of sp³-hybridized carbons (Fsp3) is 0.200. The number of rotatable bonds is 4. The van der Waals surface area contributed by atoms with E-state index < -0.39 is 0 Å². The molecule has 1 unspecified atom stereocenters. The summed E-state index contributed by atoms with van der Waals surface area (Å²) in [6, 6.07) is 14.6. The fourth-order valence-corrected chi connectivity index (χ4v) is 2.73. The van der Waals surface area contributed by atoms with Gasteiger partial charge in [-0.15, -0.1) is 0 Å². The van der Waals surface area contributed by atoms with Gasteiger partial charge in [0.1, 0.15) is 0 Å². The highest BCUT2D eigenvalue weighted by atomic mass is 79.9. The number of nitrogens with one attached hydrogen (secondary N) is 1. The Balaban J connectivity index is 2.25. The topological polar surface area (TPSA) is 38.0 Å². The predicted octanol–water partition coefficient (Wildman–Crippen LogP) is 4.27. The summed E-state index contributed by atoms with van der Waals surface area (Å²) in [5, 5.41) is 0. The zero-order chi connectivity index (χ0) is 13.8. The summed E-state index contributed by atoms with van der Waals surface area (Å²) < 4.78 is 2.23. The number of hydrogen-bond acceptors (Lipinski definition) is 2. The summed E-state index contributed by atoms with van der Waals surface area (Å²) in [4.78, 5) is 0. The van der Waals surface area contributed by atoms with Crippen molar-refractivity contribution in [1.82, 2.24) is 5.43 Å². The minimum Gasteiger partial charge on any atom is -0.271 e. The van der Waals surface area contributed by atoms with Gasteiger partial charge in [0.2, 0.25) is 0 Å². The zero-order valence-corrected chi connectivity index (χ0v) is 13.8. The third kappa shape index (κ3) is 3.66. The Morgan fingerprint density at radius 3 is 2.47 bits per heavy atom. The summed E-state index contributed by atoms with van der Waals surface area (Å²) in [7, 11) is 0. The van der Waals surface area contributed by atoms with Crippen molar-refractivity contribution in [3.63, 3.8) is 0 Å². The number of hydrogen-bond donors (Lipinski definition) is 2. The molecule has 4 heteroatoms. The third-order valence-electron chi connectivity index (χ3n) is 3.17. The molecule has 2 nitrogen and oxygen atoms in total. The van der Waals surface area contributed by atoms with E-state index in [9.17, 15) is 0 Å². The van der Waals surface area contributed by atoms with Gasteiger partial charge in [0, 0.05) is 8.95 Å². The number of benzene rings is 2. The molecule has 1 atom stereocenters. The predicted molar refractivity (Wildman–Crippen MR) is 86.8 cm³/mol. The van der Waals surface area contributed by atoms with Gasteiger partial charge < -0.3 is 0 Å². The third-order valence-corrected chi connectivity index (χ3v) is 4.83. The van der Waals surface area contributed by atoms with Gasteiger partial charge in [-0.25, -0.2) is 0 Å². The Bertz CT molecular complexity index is 570. The average Bonchev–Trinajstić information content (AvgIpc) is 2.41. The number of halogens is 2. The first-order valence-electron chi connectivity index (χ1n) is 6.07. The molecule has 3 N–H and O–H groups in total. The first kappa shape index (κ1) is 14.7. The van der Waals surface area contributed by atoms with Crippen molar-refractivity contribution < 1.29 is 0 Å². The molecule has 2 aromatic rings. The lowest BCUT2D eigenvalue weighted by Gasteiger charge is -2.18. The lowest BCUT2D eigenvalue weighted by atomic mass is 9.98. The SMILES string of the molecule is Cc1cc(C(Cc2ccccc2Br)NN)ccc1Br. The van der Waals surface area contributed by atoms with Crippen LogP contribution in [-0.2, 0) is 6.42 Å². The molecule has 0 aromatic heterocycles. The standard InChI is InChI=1S/C15H16Br2N2/c1-10-8-12(6-7-13(10)16)15(19-18)9-11-4-2-3-5-14(11)17/h2-8,15,19H,9,18H2,1H3. The summed E-state index contributed by atoms with van der Waals surface area (Å²) in [6.45, 7) is 2.08. The van der Waals surface area contributed by atoms with Crippen LogP contribution in [0, 0.1) is 6.92 Å². The summed E-state index contributed by atoms with van der Waals surface area (Å²) in [6.07, 6.45) is 0.846. The maximum absolute atomic E-state index is 5.71. The molecule has 0 aliphatic rings. The largest absolute Gasteiger partial charge is 0.271 e. The van der Waals surface area contributed by atoms with E-state index >= 15 is 0 Å². The molecule has 0 spiro atoms. The van der Waals surface area contributed by atoms with Crippen molar-refractivity contribution >= 4 is 31.9 Å². The van der Waals surface area contributed by atoms with Crippen LogP contribution < -0.4 is 11.3 Å². The van der Waals surface area contributed by atoms with Gasteiger partial charge in [-0.1, -0.05) is 62.2 Å². The Morgan fingerprint density at radius 2 is 1.84 bits per heavy atom. The van der Waals surface area contributed by atoms with Gasteiger partial charge in [0.15, 0.2) is 0 Å². The van der Waals surface area contributed by atoms with Crippen molar-refractivity contribution in [3.8, 4) is 0 Å². The van der Waals surface area contributed by atoms with Crippen molar-refractivity contribution in [3.05, 3.63) is 68.1 Å². The van der Waals surface area contributed by atoms with Crippen molar-refractivity contribution in [2.75, 3.05) is 0 Å². The molecular formula is C15H16Br2N2. The van der Waals surface area contributed by atoms with Crippen molar-refractivity contribution in [1.29, 1.82) is 0 Å². The monoisotopic (exact) mass is 382 g/mol. The van der Waals surface area contributed by atoms with Crippen LogP contribution in [0.3, 0.4) is 0 Å². The highest BCUT2D eigenvalue weighted by Crippen LogP contribution is 2.26. The van der Waals surface area contributed by atoms with Crippen molar-refractivity contribution in [2.24, 2.45) is 5.84 Å². The summed E-state index contributed by atoms with van der Waals surface area (Å²) in [5.41, 5.74) is 6.55. The van der Waals surface area contributed by atoms with Crippen LogP contribution in [-0.4, -0.2) is 0 Å². The molecule has 0 heterocycles. The van der Waals surface area contributed by atoms with E-state index in [1.54, 1.807) is 0 Å². The molecule has 0 bridgehead atoms. The highest BCUT2D eigenvalue weighted by molar-refractivity contribution is 9.10. The molecule has 0 amide bonds. The van der Waals surface area contributed by atoms with E-state index in [1.165, 1.54) is 16.7 Å². The van der Waals surface area contributed by atoms with E-state index in [2.05, 4.69) is 74.5 Å². The summed E-state index contributed by atoms with van der Waals surface area (Å²) in [5.74, 6) is 5.71. The van der Waals surface area contributed by atoms with Gasteiger partial charge in [-0.2, -0.15) is 0 Å². The maximum Gasteiger partial charge on any atom is 0.0500 e. The normalized spacial score (nSPS) is 12.4. The van der Waals surface area contributed by atoms with E-state index in [-0.39, 0.29) is 6.04 Å². The Hall–Kier alpha value is -0.680. The van der Waals surface area contributed by atoms with Crippen LogP contribution in [0.15, 0.2) is 51.4 Å². The minimum absolute atomic E-state index is 0.102. The van der Waals surface area contributed by atoms with Gasteiger partial charge >= 0.3 is 0 Å². The fourth-order valence-electron chi connectivity index (χ4n) is 2.04. The molecule has 2 rings (SSSR count). The molecule has 100 valence electrons. The molecule has 19 heavy (non-hydrogen) atoms. The minimum atomic E-state index is 0.102. The van der Waals surface area contributed by atoms with E-state index in [0.717, 1.165) is 15.4 Å².